The molecule has 1 heterocycles. The molecule has 0 amide bonds. The number of ether oxygens (including phenoxy) is 1. The Morgan fingerprint density at radius 1 is 1.10 bits per heavy atom. The number of carbonyl (C=O) groups excluding carboxylic acids is 1. The van der Waals surface area contributed by atoms with Crippen molar-refractivity contribution in [3.63, 3.8) is 0 Å². The predicted octanol–water partition coefficient (Wildman–Crippen LogP) is 2.85. The number of benzene rings is 1. The minimum atomic E-state index is -4.42. The molecule has 2 rings (SSSR count). The molecule has 4 nitrogen and oxygen atoms in total. The number of alkyl halides is 3. The molecule has 0 radical (unpaired) electrons. The molecule has 21 heavy (non-hydrogen) atoms. The topological polar surface area (TPSA) is 59.2 Å². The highest BCUT2D eigenvalue weighted by molar-refractivity contribution is 5.89. The fraction of sp³-hybridized carbons (Fsp3) is 0.143. The zero-order valence-corrected chi connectivity index (χ0v) is 10.8. The molecule has 1 aromatic heterocycles. The third kappa shape index (κ3) is 3.13. The molecule has 0 aliphatic rings. The van der Waals surface area contributed by atoms with Gasteiger partial charge in [-0.15, -0.1) is 0 Å². The summed E-state index contributed by atoms with van der Waals surface area (Å²) in [6, 6.07) is 7.01. The van der Waals surface area contributed by atoms with Gasteiger partial charge in [0, 0.05) is 5.69 Å². The number of halogens is 3. The Hall–Kier alpha value is -2.57. The molecule has 7 heteroatoms. The molecule has 110 valence electrons. The lowest BCUT2D eigenvalue weighted by molar-refractivity contribution is -0.137. The average molecular weight is 297 g/mol. The quantitative estimate of drug-likeness (QED) is 0.867. The van der Waals surface area contributed by atoms with E-state index in [2.05, 4.69) is 9.72 Å². The number of carbonyl (C=O) groups is 1. The third-order valence-corrected chi connectivity index (χ3v) is 2.84. The fourth-order valence-corrected chi connectivity index (χ4v) is 1.75. The largest absolute Gasteiger partial charge is 0.465 e. The Kier molecular flexibility index (Phi) is 3.84. The highest BCUT2D eigenvalue weighted by Gasteiger charge is 2.30. The number of methoxy groups -OCH3 is 1. The molecule has 0 atom stereocenters. The molecule has 1 aromatic carbocycles. The van der Waals surface area contributed by atoms with Gasteiger partial charge in [-0.05, 0) is 29.8 Å². The molecule has 0 unspecified atom stereocenters. The van der Waals surface area contributed by atoms with E-state index in [-0.39, 0.29) is 5.56 Å². The predicted molar refractivity (Wildman–Crippen MR) is 68.8 cm³/mol. The summed E-state index contributed by atoms with van der Waals surface area (Å²) in [6.45, 7) is 0. The Morgan fingerprint density at radius 3 is 2.19 bits per heavy atom. The van der Waals surface area contributed by atoms with Crippen molar-refractivity contribution in [2.75, 3.05) is 7.11 Å². The minimum absolute atomic E-state index is 0.173. The molecule has 0 aliphatic carbocycles. The summed E-state index contributed by atoms with van der Waals surface area (Å²) in [5.41, 5.74) is -0.912. The second-order valence-corrected chi connectivity index (χ2v) is 4.18. The summed E-state index contributed by atoms with van der Waals surface area (Å²) in [7, 11) is 1.14. The lowest BCUT2D eigenvalue weighted by Crippen LogP contribution is -2.18. The Morgan fingerprint density at radius 2 is 1.71 bits per heavy atom. The molecule has 0 fully saturated rings. The molecule has 0 spiro atoms. The number of nitrogens with one attached hydrogen (secondary N) is 1. The maximum atomic E-state index is 12.5. The van der Waals surface area contributed by atoms with E-state index in [1.54, 1.807) is 0 Å². The molecule has 1 N–H and O–H groups in total. The van der Waals surface area contributed by atoms with Crippen molar-refractivity contribution in [2.45, 2.75) is 6.18 Å². The maximum absolute atomic E-state index is 12.5. The van der Waals surface area contributed by atoms with Gasteiger partial charge < -0.3 is 9.72 Å². The summed E-state index contributed by atoms with van der Waals surface area (Å²) in [5, 5.41) is 0. The molecule has 0 aliphatic heterocycles. The maximum Gasteiger partial charge on any atom is 0.416 e. The Balaban J connectivity index is 2.37. The Labute approximate surface area is 117 Å². The summed E-state index contributed by atoms with van der Waals surface area (Å²) in [5.74, 6) is -0.782. The molecule has 2 aromatic rings. The van der Waals surface area contributed by atoms with Gasteiger partial charge in [0.1, 0.15) is 5.56 Å². The van der Waals surface area contributed by atoms with E-state index in [4.69, 9.17) is 0 Å². The standard InChI is InChI=1S/C14H10F3NO3/c1-21-13(20)10-6-7-11(18-12(10)19)8-2-4-9(5-3-8)14(15,16)17/h2-7H,1H3,(H,18,19). The van der Waals surface area contributed by atoms with Gasteiger partial charge in [0.25, 0.3) is 5.56 Å². The van der Waals surface area contributed by atoms with Gasteiger partial charge in [-0.1, -0.05) is 12.1 Å². The summed E-state index contributed by atoms with van der Waals surface area (Å²) < 4.78 is 41.8. The molecule has 0 saturated carbocycles. The van der Waals surface area contributed by atoms with E-state index in [1.807, 2.05) is 0 Å². The zero-order valence-electron chi connectivity index (χ0n) is 10.8. The van der Waals surface area contributed by atoms with Gasteiger partial charge in [0.05, 0.1) is 12.7 Å². The number of hydrogen-bond donors (Lipinski definition) is 1. The van der Waals surface area contributed by atoms with E-state index < -0.39 is 23.3 Å². The lowest BCUT2D eigenvalue weighted by atomic mass is 10.1. The monoisotopic (exact) mass is 297 g/mol. The molecule has 0 bridgehead atoms. The number of esters is 1. The molecular formula is C14H10F3NO3. The van der Waals surface area contributed by atoms with Gasteiger partial charge in [0.2, 0.25) is 0 Å². The fourth-order valence-electron chi connectivity index (χ4n) is 1.75. The van der Waals surface area contributed by atoms with Crippen LogP contribution < -0.4 is 5.56 Å². The Bertz CT molecular complexity index is 717. The van der Waals surface area contributed by atoms with Crippen LogP contribution in [0.1, 0.15) is 15.9 Å². The summed E-state index contributed by atoms with van der Waals surface area (Å²) >= 11 is 0. The molecular weight excluding hydrogens is 287 g/mol. The van der Waals surface area contributed by atoms with E-state index in [1.165, 1.54) is 24.3 Å². The number of H-pyrrole nitrogens is 1. The molecule has 0 saturated heterocycles. The van der Waals surface area contributed by atoms with Gasteiger partial charge in [-0.2, -0.15) is 13.2 Å². The smallest absolute Gasteiger partial charge is 0.416 e. The van der Waals surface area contributed by atoms with Crippen molar-refractivity contribution in [2.24, 2.45) is 0 Å². The van der Waals surface area contributed by atoms with E-state index in [0.717, 1.165) is 19.2 Å². The zero-order chi connectivity index (χ0) is 15.6. The van der Waals surface area contributed by atoms with Crippen molar-refractivity contribution in [3.05, 3.63) is 57.9 Å². The summed E-state index contributed by atoms with van der Waals surface area (Å²) in [6.07, 6.45) is -4.42. The highest BCUT2D eigenvalue weighted by atomic mass is 19.4. The first kappa shape index (κ1) is 14.8. The average Bonchev–Trinajstić information content (AvgIpc) is 2.45. The van der Waals surface area contributed by atoms with Crippen LogP contribution in [0.3, 0.4) is 0 Å². The van der Waals surface area contributed by atoms with Gasteiger partial charge in [-0.25, -0.2) is 4.79 Å². The van der Waals surface area contributed by atoms with Gasteiger partial charge in [-0.3, -0.25) is 4.79 Å². The number of aromatic nitrogens is 1. The van der Waals surface area contributed by atoms with Crippen LogP contribution in [-0.4, -0.2) is 18.1 Å². The number of rotatable bonds is 2. The van der Waals surface area contributed by atoms with Crippen LogP contribution >= 0.6 is 0 Å². The van der Waals surface area contributed by atoms with Crippen LogP contribution in [0.25, 0.3) is 11.3 Å². The van der Waals surface area contributed by atoms with Crippen molar-refractivity contribution in [1.29, 1.82) is 0 Å². The van der Waals surface area contributed by atoms with E-state index in [0.29, 0.717) is 11.3 Å². The van der Waals surface area contributed by atoms with Crippen LogP contribution in [0, 0.1) is 0 Å². The first-order valence-electron chi connectivity index (χ1n) is 5.82. The van der Waals surface area contributed by atoms with Crippen molar-refractivity contribution >= 4 is 5.97 Å². The van der Waals surface area contributed by atoms with Crippen molar-refractivity contribution in [1.82, 2.24) is 4.98 Å². The van der Waals surface area contributed by atoms with Crippen LogP contribution in [0.4, 0.5) is 13.2 Å². The highest BCUT2D eigenvalue weighted by Crippen LogP contribution is 2.30. The van der Waals surface area contributed by atoms with Crippen LogP contribution in [0.2, 0.25) is 0 Å². The van der Waals surface area contributed by atoms with Crippen molar-refractivity contribution < 1.29 is 22.7 Å². The third-order valence-electron chi connectivity index (χ3n) is 2.84. The van der Waals surface area contributed by atoms with Crippen molar-refractivity contribution in [3.8, 4) is 11.3 Å². The second-order valence-electron chi connectivity index (χ2n) is 4.18. The van der Waals surface area contributed by atoms with E-state index >= 15 is 0 Å². The van der Waals surface area contributed by atoms with E-state index in [9.17, 15) is 22.8 Å². The first-order chi connectivity index (χ1) is 9.82. The summed E-state index contributed by atoms with van der Waals surface area (Å²) in [4.78, 5) is 25.4. The van der Waals surface area contributed by atoms with Gasteiger partial charge >= 0.3 is 12.1 Å². The second kappa shape index (κ2) is 5.43. The SMILES string of the molecule is COC(=O)c1ccc(-c2ccc(C(F)(F)F)cc2)[nH]c1=O. The first-order valence-corrected chi connectivity index (χ1v) is 5.82. The number of aromatic amines is 1. The van der Waals surface area contributed by atoms with Crippen LogP contribution in [0.5, 0.6) is 0 Å². The van der Waals surface area contributed by atoms with Crippen LogP contribution in [-0.2, 0) is 10.9 Å². The lowest BCUT2D eigenvalue weighted by Gasteiger charge is -2.08. The van der Waals surface area contributed by atoms with Crippen LogP contribution in [0.15, 0.2) is 41.2 Å². The number of pyridine rings is 1. The normalized spacial score (nSPS) is 11.2. The van der Waals surface area contributed by atoms with Gasteiger partial charge in [0.15, 0.2) is 0 Å². The minimum Gasteiger partial charge on any atom is -0.465 e. The number of hydrogen-bond acceptors (Lipinski definition) is 3.